The van der Waals surface area contributed by atoms with Crippen molar-refractivity contribution < 1.29 is 28.7 Å². The molecule has 2 unspecified atom stereocenters. The Kier molecular flexibility index (Phi) is 9.54. The van der Waals surface area contributed by atoms with E-state index in [1.54, 1.807) is 54.2 Å². The molecule has 1 saturated heterocycles. The largest absolute Gasteiger partial charge is 0.508 e. The smallest absolute Gasteiger partial charge is 0.330 e. The Bertz CT molecular complexity index is 1920. The Labute approximate surface area is 258 Å². The molecule has 1 aromatic heterocycles. The molecule has 3 N–H and O–H groups in total. The third kappa shape index (κ3) is 6.71. The number of methoxy groups -OCH3 is 1. The van der Waals surface area contributed by atoms with Crippen LogP contribution in [-0.2, 0) is 19.1 Å². The second-order valence-electron chi connectivity index (χ2n) is 11.1. The Morgan fingerprint density at radius 1 is 1.16 bits per heavy atom. The quantitative estimate of drug-likeness (QED) is 0.143. The number of H-pyrrole nitrogens is 1. The number of benzene rings is 2. The van der Waals surface area contributed by atoms with Crippen molar-refractivity contribution in [3.8, 4) is 28.9 Å². The van der Waals surface area contributed by atoms with Gasteiger partial charge in [-0.25, -0.2) is 10.3 Å². The maximum absolute atomic E-state index is 12.9. The molecule has 0 radical (unpaired) electrons. The molecule has 238 valence electrons. The lowest BCUT2D eigenvalue weighted by atomic mass is 9.91. The van der Waals surface area contributed by atoms with Crippen molar-refractivity contribution in [2.45, 2.75) is 51.2 Å². The van der Waals surface area contributed by atoms with Gasteiger partial charge in [-0.15, -0.1) is 0 Å². The fourth-order valence-corrected chi connectivity index (χ4v) is 5.42. The summed E-state index contributed by atoms with van der Waals surface area (Å²) in [5, 5.41) is 12.6. The number of aromatic nitrogens is 2. The lowest BCUT2D eigenvalue weighted by Gasteiger charge is -2.29. The van der Waals surface area contributed by atoms with E-state index in [1.165, 1.54) is 28.0 Å². The molecule has 0 spiro atoms. The minimum Gasteiger partial charge on any atom is -0.508 e. The van der Waals surface area contributed by atoms with E-state index in [2.05, 4.69) is 22.3 Å². The van der Waals surface area contributed by atoms with Gasteiger partial charge in [-0.3, -0.25) is 28.8 Å². The molecular weight excluding hydrogens is 584 g/mol. The number of ether oxygens (including phenoxy) is 2. The van der Waals surface area contributed by atoms with E-state index in [0.717, 1.165) is 0 Å². The predicted molar refractivity (Wildman–Crippen MR) is 165 cm³/mol. The van der Waals surface area contributed by atoms with Crippen LogP contribution in [0, 0.1) is 25.7 Å². The van der Waals surface area contributed by atoms with Gasteiger partial charge in [0.2, 0.25) is 0 Å². The number of hydroxylamine groups is 3. The molecule has 2 aliphatic heterocycles. The Morgan fingerprint density at radius 3 is 2.64 bits per heavy atom. The Hall–Kier alpha value is -4.29. The molecule has 4 atom stereocenters. The number of rotatable bonds is 9. The molecule has 3 aliphatic rings. The van der Waals surface area contributed by atoms with Crippen molar-refractivity contribution in [3.63, 3.8) is 0 Å². The first-order chi connectivity index (χ1) is 21.5. The van der Waals surface area contributed by atoms with Crippen LogP contribution >= 0.6 is 0 Å². The topological polar surface area (TPSA) is 157 Å². The average Bonchev–Trinajstić information content (AvgIpc) is 3.44. The Morgan fingerprint density at radius 2 is 1.93 bits per heavy atom. The van der Waals surface area contributed by atoms with E-state index in [1.807, 2.05) is 0 Å². The molecule has 1 aliphatic carbocycles. The number of hydrogen-bond acceptors (Lipinski definition) is 11. The maximum atomic E-state index is 12.9. The van der Waals surface area contributed by atoms with Crippen LogP contribution in [-0.4, -0.2) is 66.8 Å². The van der Waals surface area contributed by atoms with E-state index in [4.69, 9.17) is 23.6 Å². The molecule has 1 aromatic carbocycles. The van der Waals surface area contributed by atoms with Gasteiger partial charge in [0.15, 0.2) is 11.5 Å². The number of hydrogen-bond donors (Lipinski definition) is 3. The minimum absolute atomic E-state index is 0.0204. The zero-order chi connectivity index (χ0) is 32.4. The van der Waals surface area contributed by atoms with Crippen LogP contribution in [0.3, 0.4) is 0 Å². The molecule has 1 fully saturated rings. The number of phenolic OH excluding ortho intramolecular Hbond substituents is 1. The number of fused-ring (bicyclic) bond motifs is 2. The summed E-state index contributed by atoms with van der Waals surface area (Å²) in [4.78, 5) is 52.7. The summed E-state index contributed by atoms with van der Waals surface area (Å²) in [5.74, 6) is 6.19. The molecular formula is C32H36N4O9. The van der Waals surface area contributed by atoms with Gasteiger partial charge in [0.25, 0.3) is 5.56 Å². The van der Waals surface area contributed by atoms with Crippen molar-refractivity contribution >= 4 is 11.0 Å². The van der Waals surface area contributed by atoms with Crippen LogP contribution in [0.5, 0.6) is 5.75 Å². The van der Waals surface area contributed by atoms with Gasteiger partial charge >= 0.3 is 5.69 Å². The summed E-state index contributed by atoms with van der Waals surface area (Å²) in [6.45, 7) is 3.85. The number of aromatic hydroxyl groups is 1. The van der Waals surface area contributed by atoms with Crippen molar-refractivity contribution in [1.82, 2.24) is 20.1 Å². The van der Waals surface area contributed by atoms with Crippen molar-refractivity contribution in [1.29, 1.82) is 0 Å². The van der Waals surface area contributed by atoms with E-state index in [0.29, 0.717) is 52.7 Å². The highest BCUT2D eigenvalue weighted by molar-refractivity contribution is 5.90. The van der Waals surface area contributed by atoms with Crippen LogP contribution in [0.25, 0.3) is 22.3 Å². The SMILES string of the molecule is CNOC(C#Cc1cn([C@H]2CC[C@@H](COC)O2)c(=O)[nH]c1=O)C(ON(C)C)c1c2cc(C)c(=O)cc-2oc2cc(O)c(C)cc12. The molecule has 13 heteroatoms. The molecule has 5 rings (SSSR count). The fraction of sp³-hybridized carbons (Fsp3) is 0.406. The van der Waals surface area contributed by atoms with Crippen molar-refractivity contribution in [2.75, 3.05) is 34.9 Å². The standard InChI is InChI=1S/C32H36N4O9/c1-17-11-21-26(13-23(17)37)43-27-14-24(38)18(2)12-22(27)29(21)30(45-35(4)5)25(44-33-3)9-7-19-15-36(32(40)34-31(19)39)28-10-8-20(42-28)16-41-6/h11-15,20,25,28,30,33,37H,8,10,16H2,1-6H3,(H,34,39,40)/t20-,25?,28+,30?/m0/s1. The summed E-state index contributed by atoms with van der Waals surface area (Å²) >= 11 is 0. The lowest BCUT2D eigenvalue weighted by molar-refractivity contribution is -0.204. The Balaban J connectivity index is 1.67. The second kappa shape index (κ2) is 13.4. The summed E-state index contributed by atoms with van der Waals surface area (Å²) in [5.41, 5.74) is 3.78. The minimum atomic E-state index is -1.04. The normalized spacial score (nSPS) is 17.9. The molecule has 0 amide bonds. The number of aromatic amines is 1. The molecule has 0 saturated carbocycles. The molecule has 45 heavy (non-hydrogen) atoms. The van der Waals surface area contributed by atoms with Crippen LogP contribution in [0.2, 0.25) is 0 Å². The van der Waals surface area contributed by atoms with E-state index < -0.39 is 29.7 Å². The van der Waals surface area contributed by atoms with E-state index in [-0.39, 0.29) is 28.6 Å². The van der Waals surface area contributed by atoms with Gasteiger partial charge in [-0.1, -0.05) is 11.8 Å². The zero-order valence-electron chi connectivity index (χ0n) is 25.9. The maximum Gasteiger partial charge on any atom is 0.330 e. The predicted octanol–water partition coefficient (Wildman–Crippen LogP) is 2.50. The van der Waals surface area contributed by atoms with Crippen LogP contribution in [0.4, 0.5) is 0 Å². The van der Waals surface area contributed by atoms with Crippen molar-refractivity contribution in [2.24, 2.45) is 0 Å². The highest BCUT2D eigenvalue weighted by atomic mass is 16.7. The van der Waals surface area contributed by atoms with Crippen LogP contribution < -0.4 is 22.2 Å². The lowest BCUT2D eigenvalue weighted by Crippen LogP contribution is -2.34. The highest BCUT2D eigenvalue weighted by Crippen LogP contribution is 2.42. The van der Waals surface area contributed by atoms with Crippen molar-refractivity contribution in [3.05, 3.63) is 83.8 Å². The summed E-state index contributed by atoms with van der Waals surface area (Å²) in [6.07, 6.45) is -0.0906. The van der Waals surface area contributed by atoms with E-state index in [9.17, 15) is 19.5 Å². The first kappa shape index (κ1) is 32.1. The van der Waals surface area contributed by atoms with Gasteiger partial charge in [-0.2, -0.15) is 5.06 Å². The number of nitrogens with zero attached hydrogens (tertiary/aromatic N) is 2. The average molecular weight is 621 g/mol. The first-order valence-electron chi connectivity index (χ1n) is 14.4. The van der Waals surface area contributed by atoms with Gasteiger partial charge in [0.1, 0.15) is 35.0 Å². The van der Waals surface area contributed by atoms with E-state index >= 15 is 0 Å². The van der Waals surface area contributed by atoms with Gasteiger partial charge in [-0.05, 0) is 49.9 Å². The third-order valence-corrected chi connectivity index (χ3v) is 7.57. The van der Waals surface area contributed by atoms with Gasteiger partial charge in [0.05, 0.1) is 12.7 Å². The van der Waals surface area contributed by atoms with Crippen LogP contribution in [0.15, 0.2) is 49.3 Å². The first-order valence-corrected chi connectivity index (χ1v) is 14.4. The number of phenols is 1. The summed E-state index contributed by atoms with van der Waals surface area (Å²) < 4.78 is 18.5. The summed E-state index contributed by atoms with van der Waals surface area (Å²) in [6, 6.07) is 6.35. The highest BCUT2D eigenvalue weighted by Gasteiger charge is 2.33. The summed E-state index contributed by atoms with van der Waals surface area (Å²) in [7, 11) is 6.54. The van der Waals surface area contributed by atoms with Gasteiger partial charge < -0.3 is 19.0 Å². The second-order valence-corrected chi connectivity index (χ2v) is 11.1. The fourth-order valence-electron chi connectivity index (χ4n) is 5.42. The molecule has 0 bridgehead atoms. The third-order valence-electron chi connectivity index (χ3n) is 7.57. The molecule has 2 aromatic rings. The van der Waals surface area contributed by atoms with Gasteiger partial charge in [0, 0.05) is 63.1 Å². The molecule has 13 nitrogen and oxygen atoms in total. The number of nitrogens with one attached hydrogen (secondary N) is 2. The monoisotopic (exact) mass is 620 g/mol. The van der Waals surface area contributed by atoms with Crippen LogP contribution in [0.1, 0.15) is 47.4 Å². The molecule has 3 heterocycles. The number of aryl methyl sites for hydroxylation is 2. The zero-order valence-corrected chi connectivity index (χ0v) is 25.9.